The molecule has 3 aromatic rings. The Morgan fingerprint density at radius 3 is 2.78 bits per heavy atom. The molecule has 3 heterocycles. The zero-order valence-corrected chi connectivity index (χ0v) is 18.4. The predicted octanol–water partition coefficient (Wildman–Crippen LogP) is 4.05. The third-order valence-corrected chi connectivity index (χ3v) is 5.71. The maximum atomic E-state index is 13.3. The monoisotopic (exact) mass is 437 g/mol. The van der Waals surface area contributed by atoms with Gasteiger partial charge in [-0.05, 0) is 62.6 Å². The number of primary amides is 1. The fourth-order valence-corrected chi connectivity index (χ4v) is 3.97. The van der Waals surface area contributed by atoms with Gasteiger partial charge in [-0.25, -0.2) is 9.37 Å². The first-order chi connectivity index (χ1) is 15.4. The summed E-state index contributed by atoms with van der Waals surface area (Å²) in [6, 6.07) is 8.37. The highest BCUT2D eigenvalue weighted by Gasteiger charge is 2.18. The number of aryl methyl sites for hydroxylation is 1. The first-order valence-corrected chi connectivity index (χ1v) is 10.9. The molecule has 1 aliphatic heterocycles. The van der Waals surface area contributed by atoms with Gasteiger partial charge in [0.2, 0.25) is 0 Å². The highest BCUT2D eigenvalue weighted by atomic mass is 19.1. The molecule has 32 heavy (non-hydrogen) atoms. The van der Waals surface area contributed by atoms with Crippen LogP contribution in [0.5, 0.6) is 5.75 Å². The number of aromatic nitrogens is 2. The van der Waals surface area contributed by atoms with Gasteiger partial charge in [-0.15, -0.1) is 0 Å². The van der Waals surface area contributed by atoms with Crippen molar-refractivity contribution in [3.63, 3.8) is 0 Å². The number of hydrogen-bond donors (Lipinski definition) is 2. The summed E-state index contributed by atoms with van der Waals surface area (Å²) in [5, 5.41) is 3.33. The quantitative estimate of drug-likeness (QED) is 0.552. The van der Waals surface area contributed by atoms with Gasteiger partial charge in [-0.3, -0.25) is 9.78 Å². The lowest BCUT2D eigenvalue weighted by atomic mass is 10.1. The van der Waals surface area contributed by atoms with Gasteiger partial charge in [0.1, 0.15) is 22.9 Å². The first kappa shape index (κ1) is 21.8. The molecule has 0 spiro atoms. The lowest BCUT2D eigenvalue weighted by Gasteiger charge is -2.19. The molecule has 3 N–H and O–H groups in total. The molecular weight excluding hydrogens is 409 g/mol. The second-order valence-corrected chi connectivity index (χ2v) is 8.20. The third-order valence-electron chi connectivity index (χ3n) is 5.71. The summed E-state index contributed by atoms with van der Waals surface area (Å²) in [5.41, 5.74) is 8.60. The Labute approximate surface area is 186 Å². The second-order valence-electron chi connectivity index (χ2n) is 8.20. The van der Waals surface area contributed by atoms with E-state index >= 15 is 0 Å². The highest BCUT2D eigenvalue weighted by Crippen LogP contribution is 2.28. The fraction of sp³-hybridized carbons (Fsp3) is 0.375. The number of carbonyl (C=O) groups excluding carboxylic acids is 1. The van der Waals surface area contributed by atoms with Crippen LogP contribution in [-0.4, -0.2) is 41.6 Å². The summed E-state index contributed by atoms with van der Waals surface area (Å²) in [7, 11) is 0. The molecule has 0 bridgehead atoms. The summed E-state index contributed by atoms with van der Waals surface area (Å²) in [6.07, 6.45) is 4.33. The molecule has 1 aliphatic rings. The van der Waals surface area contributed by atoms with Crippen LogP contribution in [0.1, 0.15) is 42.1 Å². The van der Waals surface area contributed by atoms with Crippen molar-refractivity contribution in [2.24, 2.45) is 5.73 Å². The highest BCUT2D eigenvalue weighted by molar-refractivity contribution is 6.05. The van der Waals surface area contributed by atoms with Crippen molar-refractivity contribution in [3.8, 4) is 5.75 Å². The number of benzene rings is 1. The van der Waals surface area contributed by atoms with Crippen molar-refractivity contribution in [1.82, 2.24) is 9.97 Å². The van der Waals surface area contributed by atoms with Gasteiger partial charge in [0.25, 0.3) is 5.91 Å². The van der Waals surface area contributed by atoms with Crippen molar-refractivity contribution >= 4 is 28.4 Å². The van der Waals surface area contributed by atoms with Crippen LogP contribution in [0.15, 0.2) is 36.5 Å². The van der Waals surface area contributed by atoms with E-state index in [9.17, 15) is 9.18 Å². The van der Waals surface area contributed by atoms with Crippen molar-refractivity contribution < 1.29 is 13.9 Å². The molecule has 4 rings (SSSR count). The van der Waals surface area contributed by atoms with Crippen LogP contribution in [0.2, 0.25) is 0 Å². The molecule has 0 radical (unpaired) electrons. The van der Waals surface area contributed by atoms with E-state index in [2.05, 4.69) is 15.2 Å². The Hall–Kier alpha value is -3.42. The Morgan fingerprint density at radius 1 is 1.28 bits per heavy atom. The van der Waals surface area contributed by atoms with Crippen molar-refractivity contribution in [2.45, 2.75) is 39.2 Å². The molecule has 1 aromatic carbocycles. The van der Waals surface area contributed by atoms with Gasteiger partial charge in [-0.1, -0.05) is 0 Å². The average molecular weight is 438 g/mol. The van der Waals surface area contributed by atoms with Gasteiger partial charge in [0.05, 0.1) is 22.9 Å². The fourth-order valence-electron chi connectivity index (χ4n) is 3.97. The number of anilines is 2. The lowest BCUT2D eigenvalue weighted by Crippen LogP contribution is -2.21. The van der Waals surface area contributed by atoms with Crippen molar-refractivity contribution in [2.75, 3.05) is 29.9 Å². The van der Waals surface area contributed by atoms with E-state index in [0.717, 1.165) is 37.3 Å². The number of nitrogens with one attached hydrogen (secondary N) is 1. The van der Waals surface area contributed by atoms with E-state index in [0.29, 0.717) is 41.0 Å². The first-order valence-electron chi connectivity index (χ1n) is 10.9. The zero-order chi connectivity index (χ0) is 22.7. The zero-order valence-electron chi connectivity index (χ0n) is 18.4. The molecule has 0 aliphatic carbocycles. The summed E-state index contributed by atoms with van der Waals surface area (Å²) in [6.45, 7) is 6.25. The number of nitrogens with two attached hydrogens (primary N) is 1. The number of ether oxygens (including phenoxy) is 1. The van der Waals surface area contributed by atoms with Crippen LogP contribution < -0.4 is 20.7 Å². The van der Waals surface area contributed by atoms with Crippen molar-refractivity contribution in [1.29, 1.82) is 0 Å². The maximum Gasteiger partial charge on any atom is 0.252 e. The van der Waals surface area contributed by atoms with E-state index < -0.39 is 5.91 Å². The topological polar surface area (TPSA) is 93.4 Å². The van der Waals surface area contributed by atoms with Gasteiger partial charge < -0.3 is 20.7 Å². The number of pyridine rings is 2. The normalized spacial score (nSPS) is 14.5. The minimum atomic E-state index is -0.554. The Bertz CT molecular complexity index is 1130. The number of amides is 1. The predicted molar refractivity (Wildman–Crippen MR) is 124 cm³/mol. The number of fused-ring (bicyclic) bond motifs is 1. The van der Waals surface area contributed by atoms with Gasteiger partial charge >= 0.3 is 0 Å². The summed E-state index contributed by atoms with van der Waals surface area (Å²) in [5.74, 6) is 0.697. The van der Waals surface area contributed by atoms with Crippen LogP contribution in [0.4, 0.5) is 15.9 Å². The van der Waals surface area contributed by atoms with Crippen LogP contribution in [0.3, 0.4) is 0 Å². The van der Waals surface area contributed by atoms with Gasteiger partial charge in [0, 0.05) is 32.3 Å². The van der Waals surface area contributed by atoms with E-state index in [1.54, 1.807) is 6.07 Å². The molecule has 7 nitrogen and oxygen atoms in total. The smallest absolute Gasteiger partial charge is 0.252 e. The van der Waals surface area contributed by atoms with E-state index in [1.807, 2.05) is 26.0 Å². The Balaban J connectivity index is 1.52. The van der Waals surface area contributed by atoms with Gasteiger partial charge in [0.15, 0.2) is 0 Å². The SMILES string of the molecule is Cc1cc(F)ccc1O[C@@H](C)CCNc1c(C(N)=O)cnc2ccc(N3CCCC3)nc12. The molecule has 1 saturated heterocycles. The molecule has 1 amide bonds. The Morgan fingerprint density at radius 2 is 2.06 bits per heavy atom. The van der Waals surface area contributed by atoms with Crippen LogP contribution in [0.25, 0.3) is 11.0 Å². The average Bonchev–Trinajstić information content (AvgIpc) is 3.30. The summed E-state index contributed by atoms with van der Waals surface area (Å²) < 4.78 is 19.3. The number of halogens is 1. The van der Waals surface area contributed by atoms with E-state index in [4.69, 9.17) is 15.5 Å². The largest absolute Gasteiger partial charge is 0.490 e. The molecular formula is C24H28FN5O2. The maximum absolute atomic E-state index is 13.3. The van der Waals surface area contributed by atoms with Crippen LogP contribution in [-0.2, 0) is 0 Å². The number of nitrogens with zero attached hydrogens (tertiary/aromatic N) is 3. The number of hydrogen-bond acceptors (Lipinski definition) is 6. The van der Waals surface area contributed by atoms with Crippen LogP contribution in [0, 0.1) is 12.7 Å². The summed E-state index contributed by atoms with van der Waals surface area (Å²) in [4.78, 5) is 23.5. The molecule has 1 atom stereocenters. The minimum absolute atomic E-state index is 0.120. The summed E-state index contributed by atoms with van der Waals surface area (Å²) >= 11 is 0. The van der Waals surface area contributed by atoms with E-state index in [1.165, 1.54) is 18.3 Å². The molecule has 1 fully saturated rings. The lowest BCUT2D eigenvalue weighted by molar-refractivity contribution is 0.100. The molecule has 0 unspecified atom stereocenters. The number of rotatable bonds is 8. The van der Waals surface area contributed by atoms with Crippen molar-refractivity contribution in [3.05, 3.63) is 53.5 Å². The Kier molecular flexibility index (Phi) is 6.39. The standard InChI is InChI=1S/C24H28FN5O2/c1-15-13-17(25)5-7-20(15)32-16(2)9-10-27-22-18(24(26)31)14-28-19-6-8-21(29-23(19)22)30-11-3-4-12-30/h5-8,13-14,16H,3-4,9-12H2,1-2H3,(H2,26,31)(H,27,28)/t16-/m0/s1. The molecule has 168 valence electrons. The van der Waals surface area contributed by atoms with E-state index in [-0.39, 0.29) is 11.9 Å². The minimum Gasteiger partial charge on any atom is -0.490 e. The third kappa shape index (κ3) is 4.74. The molecule has 2 aromatic heterocycles. The number of carbonyl (C=O) groups is 1. The second kappa shape index (κ2) is 9.38. The van der Waals surface area contributed by atoms with Gasteiger partial charge in [-0.2, -0.15) is 0 Å². The van der Waals surface area contributed by atoms with Crippen LogP contribution >= 0.6 is 0 Å². The molecule has 8 heteroatoms. The molecule has 0 saturated carbocycles.